The summed E-state index contributed by atoms with van der Waals surface area (Å²) in [6.07, 6.45) is 9.73. The summed E-state index contributed by atoms with van der Waals surface area (Å²) in [4.78, 5) is 15.2. The van der Waals surface area contributed by atoms with Crippen LogP contribution in [0, 0.1) is 16.7 Å². The number of hydrogen-bond acceptors (Lipinski definition) is 9. The molecule has 0 radical (unpaired) electrons. The third-order valence-corrected chi connectivity index (χ3v) is 8.66. The number of alkyl halides is 1. The molecule has 2 aromatic rings. The molecule has 0 amide bonds. The normalized spacial score (nSPS) is 11.9. The fourth-order valence-corrected chi connectivity index (χ4v) is 6.31. The lowest BCUT2D eigenvalue weighted by atomic mass is 10.1. The molecule has 0 spiro atoms. The fourth-order valence-electron chi connectivity index (χ4n) is 3.79. The number of likely N-dealkylation sites (N-methyl/N-ethyl adjacent to an activating group) is 1. The number of anilines is 1. The number of hydrogen-bond donors (Lipinski definition) is 1. The Balaban J connectivity index is 1.68. The van der Waals surface area contributed by atoms with E-state index in [1.54, 1.807) is 38.2 Å². The maximum atomic E-state index is 12.3. The highest BCUT2D eigenvalue weighted by Gasteiger charge is 2.20. The zero-order valence-electron chi connectivity index (χ0n) is 24.9. The molecule has 0 atom stereocenters. The van der Waals surface area contributed by atoms with Crippen molar-refractivity contribution in [3.63, 3.8) is 0 Å². The molecular weight excluding hydrogens is 578 g/mol. The fraction of sp³-hybridized carbons (Fsp3) is 0.581. The van der Waals surface area contributed by atoms with Gasteiger partial charge in [-0.25, -0.2) is 4.79 Å². The van der Waals surface area contributed by atoms with E-state index in [-0.39, 0.29) is 5.57 Å². The quantitative estimate of drug-likeness (QED) is 0.0302. The van der Waals surface area contributed by atoms with Crippen LogP contribution < -0.4 is 4.90 Å². The zero-order chi connectivity index (χ0) is 30.3. The van der Waals surface area contributed by atoms with Crippen molar-refractivity contribution >= 4 is 66.4 Å². The summed E-state index contributed by atoms with van der Waals surface area (Å²) in [5.74, 6) is 0.567. The van der Waals surface area contributed by atoms with Crippen molar-refractivity contribution < 1.29 is 19.0 Å². The summed E-state index contributed by atoms with van der Waals surface area (Å²) in [7, 11) is 2.01. The van der Waals surface area contributed by atoms with Gasteiger partial charge in [-0.1, -0.05) is 25.8 Å². The number of unbranched alkanes of at least 4 members (excludes halogenated alkanes) is 5. The first-order valence-electron chi connectivity index (χ1n) is 14.2. The smallest absolute Gasteiger partial charge is 0.349 e. The van der Waals surface area contributed by atoms with Crippen LogP contribution in [-0.2, 0) is 19.0 Å². The Morgan fingerprint density at radius 1 is 1.07 bits per heavy atom. The highest BCUT2D eigenvalue weighted by atomic mass is 35.5. The van der Waals surface area contributed by atoms with Gasteiger partial charge in [0.2, 0.25) is 0 Å². The monoisotopic (exact) mass is 621 g/mol. The molecule has 0 fully saturated rings. The number of nitrogens with zero attached hydrogens (tertiary/aromatic N) is 2. The number of allylic oxidation sites excluding steroid dienone is 1. The molecule has 2 heterocycles. The minimum atomic E-state index is -0.654. The molecule has 0 aliphatic heterocycles. The molecule has 2 aromatic heterocycles. The van der Waals surface area contributed by atoms with Crippen LogP contribution >= 0.6 is 34.3 Å². The third kappa shape index (κ3) is 13.4. The van der Waals surface area contributed by atoms with E-state index in [2.05, 4.69) is 17.5 Å². The summed E-state index contributed by atoms with van der Waals surface area (Å²) in [5.41, 5.74) is -0.213. The highest BCUT2D eigenvalue weighted by molar-refractivity contribution is 7.30. The molecular formula is C31H44ClN3O4S2. The summed E-state index contributed by atoms with van der Waals surface area (Å²) < 4.78 is 18.9. The van der Waals surface area contributed by atoms with Crippen LogP contribution in [0.15, 0.2) is 30.0 Å². The van der Waals surface area contributed by atoms with Gasteiger partial charge in [-0.05, 0) is 71.1 Å². The zero-order valence-corrected chi connectivity index (χ0v) is 27.2. The number of thiophene rings is 2. The number of ether oxygens (including phenoxy) is 3. The van der Waals surface area contributed by atoms with Gasteiger partial charge in [-0.2, -0.15) is 5.26 Å². The second-order valence-corrected chi connectivity index (χ2v) is 13.4. The number of carbonyl (C=O) groups excluding carboxylic acids is 1. The van der Waals surface area contributed by atoms with E-state index >= 15 is 0 Å². The molecule has 0 aliphatic rings. The average molecular weight is 622 g/mol. The van der Waals surface area contributed by atoms with Gasteiger partial charge in [-0.15, -0.1) is 34.3 Å². The molecule has 0 aromatic carbocycles. The Morgan fingerprint density at radius 2 is 1.73 bits per heavy atom. The number of nitrogens with one attached hydrogen (secondary N) is 1. The molecule has 0 saturated heterocycles. The predicted octanol–water partition coefficient (Wildman–Crippen LogP) is 8.57. The molecule has 0 aliphatic carbocycles. The second kappa shape index (κ2) is 18.2. The minimum absolute atomic E-state index is 0.0109. The van der Waals surface area contributed by atoms with Crippen molar-refractivity contribution in [2.75, 3.05) is 44.2 Å². The van der Waals surface area contributed by atoms with Gasteiger partial charge in [0, 0.05) is 40.4 Å². The second-order valence-electron chi connectivity index (χ2n) is 10.8. The lowest BCUT2D eigenvalue weighted by Gasteiger charge is -2.18. The van der Waals surface area contributed by atoms with Gasteiger partial charge < -0.3 is 24.5 Å². The lowest BCUT2D eigenvalue weighted by molar-refractivity contribution is -0.149. The predicted molar refractivity (Wildman–Crippen MR) is 174 cm³/mol. The molecule has 10 heteroatoms. The van der Waals surface area contributed by atoms with Crippen molar-refractivity contribution in [2.45, 2.75) is 77.7 Å². The van der Waals surface area contributed by atoms with E-state index < -0.39 is 11.6 Å². The molecule has 0 saturated carbocycles. The molecule has 0 bridgehead atoms. The van der Waals surface area contributed by atoms with Crippen molar-refractivity contribution in [1.29, 1.82) is 10.7 Å². The number of carbonyl (C=O) groups is 1. The SMILES string of the molecule is C=C(OCCN(C)c1cc2sc(/C=C(\C#N)C(=O)OC(C)(C)C)cc2s1)C(=N)CCCCCOCCCCCCCl. The van der Waals surface area contributed by atoms with Gasteiger partial charge in [0.05, 0.1) is 17.3 Å². The Hall–Kier alpha value is -2.38. The first kappa shape index (κ1) is 34.8. The number of nitriles is 1. The van der Waals surface area contributed by atoms with E-state index in [0.29, 0.717) is 31.0 Å². The molecule has 41 heavy (non-hydrogen) atoms. The lowest BCUT2D eigenvalue weighted by Crippen LogP contribution is -2.24. The van der Waals surface area contributed by atoms with Crippen LogP contribution in [0.5, 0.6) is 0 Å². The van der Waals surface area contributed by atoms with Gasteiger partial charge in [0.1, 0.15) is 29.6 Å². The van der Waals surface area contributed by atoms with E-state index in [1.165, 1.54) is 24.2 Å². The first-order valence-corrected chi connectivity index (χ1v) is 16.3. The molecule has 1 N–H and O–H groups in total. The molecule has 226 valence electrons. The minimum Gasteiger partial charge on any atom is -0.490 e. The Labute approximate surface area is 258 Å². The van der Waals surface area contributed by atoms with Crippen LogP contribution in [0.25, 0.3) is 15.5 Å². The van der Waals surface area contributed by atoms with Crippen molar-refractivity contribution in [2.24, 2.45) is 0 Å². The van der Waals surface area contributed by atoms with Crippen LogP contribution in [0.3, 0.4) is 0 Å². The standard InChI is InChI=1S/C31H44ClN3O4S2/c1-23(26(34)13-9-8-12-17-37-16-11-7-6-10-14-32)38-18-15-35(5)29-21-28-27(41-29)20-25(40-28)19-24(22-33)30(36)39-31(2,3)4/h19-21,34H,1,6-18H2,2-5H3/b24-19+,34-26?. The van der Waals surface area contributed by atoms with E-state index in [9.17, 15) is 10.1 Å². The molecule has 2 rings (SSSR count). The van der Waals surface area contributed by atoms with Gasteiger partial charge in [-0.3, -0.25) is 0 Å². The third-order valence-electron chi connectivity index (χ3n) is 6.04. The average Bonchev–Trinajstić information content (AvgIpc) is 3.48. The van der Waals surface area contributed by atoms with Gasteiger partial charge in [0.15, 0.2) is 0 Å². The Morgan fingerprint density at radius 3 is 2.37 bits per heavy atom. The maximum absolute atomic E-state index is 12.3. The van der Waals surface area contributed by atoms with Crippen molar-refractivity contribution in [3.8, 4) is 6.07 Å². The van der Waals surface area contributed by atoms with Crippen LogP contribution in [0.2, 0.25) is 0 Å². The Kier molecular flexibility index (Phi) is 15.5. The number of fused-ring (bicyclic) bond motifs is 1. The van der Waals surface area contributed by atoms with Gasteiger partial charge in [0.25, 0.3) is 0 Å². The summed E-state index contributed by atoms with van der Waals surface area (Å²) in [5, 5.41) is 18.8. The maximum Gasteiger partial charge on any atom is 0.349 e. The number of rotatable bonds is 20. The van der Waals surface area contributed by atoms with Crippen molar-refractivity contribution in [3.05, 3.63) is 34.9 Å². The summed E-state index contributed by atoms with van der Waals surface area (Å²) >= 11 is 8.85. The van der Waals surface area contributed by atoms with E-state index in [4.69, 9.17) is 31.2 Å². The molecule has 7 nitrogen and oxygen atoms in total. The Bertz CT molecular complexity index is 1170. The molecule has 0 unspecified atom stereocenters. The summed E-state index contributed by atoms with van der Waals surface area (Å²) in [6.45, 7) is 12.0. The van der Waals surface area contributed by atoms with Crippen LogP contribution in [0.4, 0.5) is 5.00 Å². The first-order chi connectivity index (χ1) is 19.5. The van der Waals surface area contributed by atoms with Crippen LogP contribution in [-0.4, -0.2) is 56.6 Å². The van der Waals surface area contributed by atoms with Gasteiger partial charge >= 0.3 is 5.97 Å². The topological polar surface area (TPSA) is 95.6 Å². The summed E-state index contributed by atoms with van der Waals surface area (Å²) in [6, 6.07) is 6.04. The van der Waals surface area contributed by atoms with Crippen molar-refractivity contribution in [1.82, 2.24) is 0 Å². The number of esters is 1. The van der Waals surface area contributed by atoms with E-state index in [0.717, 1.165) is 70.5 Å². The van der Waals surface area contributed by atoms with E-state index in [1.807, 2.05) is 19.2 Å². The highest BCUT2D eigenvalue weighted by Crippen LogP contribution is 2.38. The number of halogens is 1. The van der Waals surface area contributed by atoms with Crippen LogP contribution in [0.1, 0.15) is 77.0 Å². The largest absolute Gasteiger partial charge is 0.490 e.